The van der Waals surface area contributed by atoms with Crippen molar-refractivity contribution in [2.45, 2.75) is 38.8 Å². The van der Waals surface area contributed by atoms with Crippen LogP contribution >= 0.6 is 0 Å². The van der Waals surface area contributed by atoms with E-state index in [1.54, 1.807) is 0 Å². The van der Waals surface area contributed by atoms with E-state index in [0.29, 0.717) is 24.8 Å². The molecule has 1 aliphatic heterocycles. The zero-order valence-corrected chi connectivity index (χ0v) is 15.3. The fourth-order valence-electron chi connectivity index (χ4n) is 3.26. The molecule has 2 aromatic heterocycles. The van der Waals surface area contributed by atoms with Crippen molar-refractivity contribution < 1.29 is 13.2 Å². The first-order valence-corrected chi connectivity index (χ1v) is 9.09. The van der Waals surface area contributed by atoms with Crippen molar-refractivity contribution in [3.8, 4) is 0 Å². The number of aromatic nitrogens is 4. The molecule has 1 aliphatic carbocycles. The molecule has 3 heterocycles. The Labute approximate surface area is 155 Å². The molecular weight excluding hydrogens is 357 g/mol. The molecule has 2 aliphatic rings. The number of rotatable bonds is 3. The second kappa shape index (κ2) is 6.61. The Bertz CT molecular complexity index is 824. The summed E-state index contributed by atoms with van der Waals surface area (Å²) in [6.07, 6.45) is -2.16. The van der Waals surface area contributed by atoms with Crippen LogP contribution in [0.5, 0.6) is 0 Å². The molecule has 4 rings (SSSR count). The number of aryl methyl sites for hydroxylation is 1. The van der Waals surface area contributed by atoms with Gasteiger partial charge in [0, 0.05) is 43.4 Å². The number of anilines is 2. The molecule has 27 heavy (non-hydrogen) atoms. The molecule has 0 radical (unpaired) electrons. The van der Waals surface area contributed by atoms with Crippen molar-refractivity contribution in [1.29, 1.82) is 0 Å². The number of alkyl halides is 3. The second-order valence-electron chi connectivity index (χ2n) is 7.14. The van der Waals surface area contributed by atoms with Gasteiger partial charge in [-0.05, 0) is 38.8 Å². The van der Waals surface area contributed by atoms with Gasteiger partial charge >= 0.3 is 6.18 Å². The van der Waals surface area contributed by atoms with Crippen molar-refractivity contribution in [2.75, 3.05) is 36.0 Å². The Kier molecular flexibility index (Phi) is 4.39. The lowest BCUT2D eigenvalue weighted by atomic mass is 10.2. The van der Waals surface area contributed by atoms with E-state index < -0.39 is 11.9 Å². The second-order valence-corrected chi connectivity index (χ2v) is 7.14. The Morgan fingerprint density at radius 3 is 2.15 bits per heavy atom. The van der Waals surface area contributed by atoms with Gasteiger partial charge in [-0.1, -0.05) is 0 Å². The van der Waals surface area contributed by atoms with Gasteiger partial charge < -0.3 is 9.80 Å². The summed E-state index contributed by atoms with van der Waals surface area (Å²) in [6, 6.07) is 2.37. The van der Waals surface area contributed by atoms with Crippen LogP contribution in [0.25, 0.3) is 0 Å². The summed E-state index contributed by atoms with van der Waals surface area (Å²) in [6.45, 7) is 6.81. The predicted molar refractivity (Wildman–Crippen MR) is 94.9 cm³/mol. The molecule has 0 atom stereocenters. The van der Waals surface area contributed by atoms with Crippen LogP contribution in [0.2, 0.25) is 0 Å². The number of hydrogen-bond donors (Lipinski definition) is 0. The van der Waals surface area contributed by atoms with E-state index in [1.165, 1.54) is 6.07 Å². The third-order valence-electron chi connectivity index (χ3n) is 5.17. The highest BCUT2D eigenvalue weighted by atomic mass is 19.4. The standard InChI is InChI=1S/C18H21F3N6/c1-11-12(2)22-16(13-3-4-13)23-17(11)27-9-7-26(8-10-27)15-6-5-14(24-25-15)18(19,20)21/h5-6,13H,3-4,7-10H2,1-2H3. The molecule has 144 valence electrons. The fourth-order valence-corrected chi connectivity index (χ4v) is 3.26. The normalized spacial score (nSPS) is 18.1. The van der Waals surface area contributed by atoms with Crippen LogP contribution in [0.15, 0.2) is 12.1 Å². The summed E-state index contributed by atoms with van der Waals surface area (Å²) in [5.41, 5.74) is 1.13. The third-order valence-corrected chi connectivity index (χ3v) is 5.17. The molecule has 1 saturated heterocycles. The van der Waals surface area contributed by atoms with E-state index in [9.17, 15) is 13.2 Å². The van der Waals surface area contributed by atoms with E-state index in [2.05, 4.69) is 20.1 Å². The van der Waals surface area contributed by atoms with Crippen LogP contribution in [0.1, 0.15) is 41.5 Å². The van der Waals surface area contributed by atoms with E-state index in [-0.39, 0.29) is 0 Å². The van der Waals surface area contributed by atoms with Crippen LogP contribution < -0.4 is 9.80 Å². The zero-order chi connectivity index (χ0) is 19.2. The smallest absolute Gasteiger partial charge is 0.353 e. The summed E-state index contributed by atoms with van der Waals surface area (Å²) >= 11 is 0. The SMILES string of the molecule is Cc1nc(C2CC2)nc(N2CCN(c3ccc(C(F)(F)F)nn3)CC2)c1C. The van der Waals surface area contributed by atoms with E-state index in [1.807, 2.05) is 18.7 Å². The molecule has 9 heteroatoms. The van der Waals surface area contributed by atoms with Crippen molar-refractivity contribution in [2.24, 2.45) is 0 Å². The number of piperazine rings is 1. The summed E-state index contributed by atoms with van der Waals surface area (Å²) < 4.78 is 37.9. The molecular formula is C18H21F3N6. The maximum absolute atomic E-state index is 12.6. The fraction of sp³-hybridized carbons (Fsp3) is 0.556. The number of nitrogens with zero attached hydrogens (tertiary/aromatic N) is 6. The maximum atomic E-state index is 12.6. The lowest BCUT2D eigenvalue weighted by Gasteiger charge is -2.36. The summed E-state index contributed by atoms with van der Waals surface area (Å²) in [7, 11) is 0. The number of hydrogen-bond acceptors (Lipinski definition) is 6. The van der Waals surface area contributed by atoms with Crippen molar-refractivity contribution in [3.63, 3.8) is 0 Å². The Morgan fingerprint density at radius 2 is 1.59 bits per heavy atom. The van der Waals surface area contributed by atoms with Crippen LogP contribution in [-0.4, -0.2) is 46.3 Å². The monoisotopic (exact) mass is 378 g/mol. The van der Waals surface area contributed by atoms with Crippen molar-refractivity contribution in [3.05, 3.63) is 34.9 Å². The van der Waals surface area contributed by atoms with Crippen molar-refractivity contribution >= 4 is 11.6 Å². The van der Waals surface area contributed by atoms with Gasteiger partial charge in [-0.3, -0.25) is 0 Å². The molecule has 0 spiro atoms. The van der Waals surface area contributed by atoms with Crippen LogP contribution in [0, 0.1) is 13.8 Å². The first-order chi connectivity index (χ1) is 12.8. The van der Waals surface area contributed by atoms with Gasteiger partial charge in [0.2, 0.25) is 0 Å². The molecule has 2 aromatic rings. The molecule has 6 nitrogen and oxygen atoms in total. The van der Waals surface area contributed by atoms with Gasteiger partial charge in [0.15, 0.2) is 11.5 Å². The van der Waals surface area contributed by atoms with Crippen LogP contribution in [0.3, 0.4) is 0 Å². The van der Waals surface area contributed by atoms with Gasteiger partial charge in [0.1, 0.15) is 11.6 Å². The molecule has 0 N–H and O–H groups in total. The minimum absolute atomic E-state index is 0.469. The average Bonchev–Trinajstić information content (AvgIpc) is 3.49. The van der Waals surface area contributed by atoms with Gasteiger partial charge in [-0.15, -0.1) is 10.2 Å². The highest BCUT2D eigenvalue weighted by Gasteiger charge is 2.33. The third kappa shape index (κ3) is 3.68. The largest absolute Gasteiger partial charge is 0.435 e. The minimum Gasteiger partial charge on any atom is -0.353 e. The van der Waals surface area contributed by atoms with E-state index in [0.717, 1.165) is 54.9 Å². The summed E-state index contributed by atoms with van der Waals surface area (Å²) in [4.78, 5) is 13.6. The number of halogens is 3. The highest BCUT2D eigenvalue weighted by molar-refractivity contribution is 5.51. The molecule has 1 saturated carbocycles. The zero-order valence-electron chi connectivity index (χ0n) is 15.3. The van der Waals surface area contributed by atoms with Crippen LogP contribution in [0.4, 0.5) is 24.8 Å². The summed E-state index contributed by atoms with van der Waals surface area (Å²) in [5.74, 6) is 2.87. The molecule has 0 aromatic carbocycles. The van der Waals surface area contributed by atoms with E-state index >= 15 is 0 Å². The molecule has 0 unspecified atom stereocenters. The Hall–Kier alpha value is -2.45. The molecule has 0 bridgehead atoms. The first kappa shape index (κ1) is 17.9. The summed E-state index contributed by atoms with van der Waals surface area (Å²) in [5, 5.41) is 7.07. The van der Waals surface area contributed by atoms with Crippen molar-refractivity contribution in [1.82, 2.24) is 20.2 Å². The predicted octanol–water partition coefficient (Wildman–Crippen LogP) is 3.11. The average molecular weight is 378 g/mol. The molecule has 2 fully saturated rings. The highest BCUT2D eigenvalue weighted by Crippen LogP contribution is 2.39. The lowest BCUT2D eigenvalue weighted by molar-refractivity contribution is -0.141. The first-order valence-electron chi connectivity index (χ1n) is 9.09. The van der Waals surface area contributed by atoms with Gasteiger partial charge in [0.25, 0.3) is 0 Å². The minimum atomic E-state index is -4.47. The van der Waals surface area contributed by atoms with Gasteiger partial charge in [-0.2, -0.15) is 13.2 Å². The van der Waals surface area contributed by atoms with Crippen LogP contribution in [-0.2, 0) is 6.18 Å². The maximum Gasteiger partial charge on any atom is 0.435 e. The van der Waals surface area contributed by atoms with Gasteiger partial charge in [-0.25, -0.2) is 9.97 Å². The Balaban J connectivity index is 1.46. The lowest BCUT2D eigenvalue weighted by Crippen LogP contribution is -2.47. The quantitative estimate of drug-likeness (QED) is 0.818. The Morgan fingerprint density at radius 1 is 0.926 bits per heavy atom. The van der Waals surface area contributed by atoms with Gasteiger partial charge in [0.05, 0.1) is 0 Å². The topological polar surface area (TPSA) is 58.0 Å². The van der Waals surface area contributed by atoms with E-state index in [4.69, 9.17) is 4.98 Å². The molecule has 0 amide bonds.